The highest BCUT2D eigenvalue weighted by Gasteiger charge is 2.18. The summed E-state index contributed by atoms with van der Waals surface area (Å²) in [6, 6.07) is 9.10. The molecule has 0 heterocycles. The molecule has 0 aliphatic heterocycles. The summed E-state index contributed by atoms with van der Waals surface area (Å²) < 4.78 is 5.37. The van der Waals surface area contributed by atoms with E-state index in [2.05, 4.69) is 20.8 Å². The second-order valence-corrected chi connectivity index (χ2v) is 5.35. The Balaban J connectivity index is 2.53. The summed E-state index contributed by atoms with van der Waals surface area (Å²) in [5.41, 5.74) is 0.791. The highest BCUT2D eigenvalue weighted by molar-refractivity contribution is 5.89. The van der Waals surface area contributed by atoms with Crippen molar-refractivity contribution in [3.05, 3.63) is 35.9 Å². The van der Waals surface area contributed by atoms with Crippen molar-refractivity contribution in [2.75, 3.05) is 0 Å². The first-order chi connectivity index (χ1) is 7.38. The molecule has 0 aromatic heterocycles. The van der Waals surface area contributed by atoms with Gasteiger partial charge in [0, 0.05) is 0 Å². The Hall–Kier alpha value is -1.31. The van der Waals surface area contributed by atoms with Gasteiger partial charge in [-0.1, -0.05) is 39.0 Å². The van der Waals surface area contributed by atoms with Gasteiger partial charge in [0.2, 0.25) is 0 Å². The molecule has 1 rings (SSSR count). The van der Waals surface area contributed by atoms with Crippen molar-refractivity contribution in [2.45, 2.75) is 40.2 Å². The van der Waals surface area contributed by atoms with Crippen LogP contribution in [-0.2, 0) is 4.74 Å². The fraction of sp³-hybridized carbons (Fsp3) is 0.500. The molecule has 2 heteroatoms. The molecule has 0 aliphatic carbocycles. The molecule has 0 saturated carbocycles. The summed E-state index contributed by atoms with van der Waals surface area (Å²) in [5.74, 6) is -0.239. The predicted octanol–water partition coefficient (Wildman–Crippen LogP) is 3.67. The van der Waals surface area contributed by atoms with Crippen LogP contribution in [0.25, 0.3) is 0 Å². The largest absolute Gasteiger partial charge is 0.459 e. The van der Waals surface area contributed by atoms with E-state index < -0.39 is 0 Å². The maximum absolute atomic E-state index is 11.7. The first kappa shape index (κ1) is 12.8. The fourth-order valence-corrected chi connectivity index (χ4v) is 1.73. The number of benzene rings is 1. The number of esters is 1. The third-order valence-electron chi connectivity index (χ3n) is 2.22. The Morgan fingerprint density at radius 1 is 1.25 bits per heavy atom. The molecule has 0 saturated heterocycles. The van der Waals surface area contributed by atoms with Crippen molar-refractivity contribution in [2.24, 2.45) is 5.41 Å². The van der Waals surface area contributed by atoms with Crippen LogP contribution in [0.1, 0.15) is 44.5 Å². The van der Waals surface area contributed by atoms with Gasteiger partial charge in [0.25, 0.3) is 0 Å². The molecule has 1 aromatic carbocycles. The molecule has 1 unspecified atom stereocenters. The lowest BCUT2D eigenvalue weighted by Gasteiger charge is -2.23. The number of carbonyl (C=O) groups is 1. The Labute approximate surface area is 97.6 Å². The van der Waals surface area contributed by atoms with Crippen LogP contribution >= 0.6 is 0 Å². The molecular formula is C14H20O2. The van der Waals surface area contributed by atoms with Crippen LogP contribution in [0.2, 0.25) is 0 Å². The molecular weight excluding hydrogens is 200 g/mol. The van der Waals surface area contributed by atoms with Gasteiger partial charge < -0.3 is 4.74 Å². The molecule has 1 aromatic rings. The summed E-state index contributed by atoms with van der Waals surface area (Å²) >= 11 is 0. The van der Waals surface area contributed by atoms with Crippen LogP contribution in [0.3, 0.4) is 0 Å². The zero-order chi connectivity index (χ0) is 12.2. The average Bonchev–Trinajstić information content (AvgIpc) is 2.16. The van der Waals surface area contributed by atoms with Gasteiger partial charge in [0.15, 0.2) is 0 Å². The number of carbonyl (C=O) groups excluding carboxylic acids is 1. The van der Waals surface area contributed by atoms with Crippen molar-refractivity contribution in [3.63, 3.8) is 0 Å². The molecule has 16 heavy (non-hydrogen) atoms. The van der Waals surface area contributed by atoms with Crippen LogP contribution < -0.4 is 0 Å². The van der Waals surface area contributed by atoms with E-state index >= 15 is 0 Å². The van der Waals surface area contributed by atoms with E-state index in [0.29, 0.717) is 5.56 Å². The van der Waals surface area contributed by atoms with E-state index in [-0.39, 0.29) is 17.5 Å². The highest BCUT2D eigenvalue weighted by Crippen LogP contribution is 2.22. The summed E-state index contributed by atoms with van der Waals surface area (Å²) in [6.45, 7) is 8.35. The van der Waals surface area contributed by atoms with Crippen molar-refractivity contribution in [1.82, 2.24) is 0 Å². The quantitative estimate of drug-likeness (QED) is 0.726. The molecule has 0 fully saturated rings. The summed E-state index contributed by atoms with van der Waals surface area (Å²) in [4.78, 5) is 11.7. The molecule has 88 valence electrons. The maximum Gasteiger partial charge on any atom is 0.338 e. The van der Waals surface area contributed by atoms with Crippen molar-refractivity contribution in [3.8, 4) is 0 Å². The third kappa shape index (κ3) is 4.47. The fourth-order valence-electron chi connectivity index (χ4n) is 1.73. The van der Waals surface area contributed by atoms with Gasteiger partial charge in [-0.25, -0.2) is 4.79 Å². The Morgan fingerprint density at radius 3 is 2.31 bits per heavy atom. The zero-order valence-corrected chi connectivity index (χ0v) is 10.5. The Morgan fingerprint density at radius 2 is 1.81 bits per heavy atom. The van der Waals surface area contributed by atoms with Crippen LogP contribution in [0, 0.1) is 5.41 Å². The number of hydrogen-bond acceptors (Lipinski definition) is 2. The summed E-state index contributed by atoms with van der Waals surface area (Å²) in [7, 11) is 0. The van der Waals surface area contributed by atoms with Crippen molar-refractivity contribution >= 4 is 5.97 Å². The Bertz CT molecular complexity index is 336. The summed E-state index contributed by atoms with van der Waals surface area (Å²) in [5, 5.41) is 0. The number of rotatable bonds is 3. The molecule has 0 aliphatic rings. The molecule has 0 N–H and O–H groups in total. The first-order valence-electron chi connectivity index (χ1n) is 5.64. The van der Waals surface area contributed by atoms with Crippen LogP contribution in [0.15, 0.2) is 30.3 Å². The molecule has 0 amide bonds. The van der Waals surface area contributed by atoms with E-state index in [1.165, 1.54) is 0 Å². The molecule has 2 nitrogen and oxygen atoms in total. The molecule has 1 atom stereocenters. The van der Waals surface area contributed by atoms with E-state index in [9.17, 15) is 4.79 Å². The number of hydrogen-bond donors (Lipinski definition) is 0. The molecule has 0 radical (unpaired) electrons. The zero-order valence-electron chi connectivity index (χ0n) is 10.5. The van der Waals surface area contributed by atoms with Gasteiger partial charge >= 0.3 is 5.97 Å². The minimum Gasteiger partial charge on any atom is -0.459 e. The monoisotopic (exact) mass is 220 g/mol. The lowest BCUT2D eigenvalue weighted by Crippen LogP contribution is -2.21. The molecule has 0 spiro atoms. The van der Waals surface area contributed by atoms with Crippen LogP contribution in [-0.4, -0.2) is 12.1 Å². The average molecular weight is 220 g/mol. The van der Waals surface area contributed by atoms with Gasteiger partial charge in [-0.15, -0.1) is 0 Å². The van der Waals surface area contributed by atoms with Gasteiger partial charge in [-0.3, -0.25) is 0 Å². The van der Waals surface area contributed by atoms with Crippen molar-refractivity contribution < 1.29 is 9.53 Å². The maximum atomic E-state index is 11.7. The topological polar surface area (TPSA) is 26.3 Å². The minimum atomic E-state index is -0.239. The predicted molar refractivity (Wildman–Crippen MR) is 65.4 cm³/mol. The van der Waals surface area contributed by atoms with E-state index in [1.807, 2.05) is 25.1 Å². The third-order valence-corrected chi connectivity index (χ3v) is 2.22. The van der Waals surface area contributed by atoms with Gasteiger partial charge in [-0.2, -0.15) is 0 Å². The highest BCUT2D eigenvalue weighted by atomic mass is 16.5. The van der Waals surface area contributed by atoms with Gasteiger partial charge in [-0.05, 0) is 30.9 Å². The van der Waals surface area contributed by atoms with Gasteiger partial charge in [0.05, 0.1) is 11.7 Å². The number of ether oxygens (including phenoxy) is 1. The first-order valence-corrected chi connectivity index (χ1v) is 5.64. The normalized spacial score (nSPS) is 13.2. The second-order valence-electron chi connectivity index (χ2n) is 5.35. The van der Waals surface area contributed by atoms with Gasteiger partial charge in [0.1, 0.15) is 0 Å². The van der Waals surface area contributed by atoms with E-state index in [4.69, 9.17) is 4.74 Å². The van der Waals surface area contributed by atoms with Crippen LogP contribution in [0.4, 0.5) is 0 Å². The lowest BCUT2D eigenvalue weighted by molar-refractivity contribution is 0.0253. The lowest BCUT2D eigenvalue weighted by atomic mass is 9.90. The SMILES string of the molecule is CC(CC(C)(C)C)OC(=O)c1ccccc1. The van der Waals surface area contributed by atoms with E-state index in [1.54, 1.807) is 12.1 Å². The smallest absolute Gasteiger partial charge is 0.338 e. The standard InChI is InChI=1S/C14H20O2/c1-11(10-14(2,3)4)16-13(15)12-8-6-5-7-9-12/h5-9,11H,10H2,1-4H3. The Kier molecular flexibility index (Phi) is 4.11. The van der Waals surface area contributed by atoms with E-state index in [0.717, 1.165) is 6.42 Å². The second kappa shape index (κ2) is 5.15. The van der Waals surface area contributed by atoms with Crippen molar-refractivity contribution in [1.29, 1.82) is 0 Å². The minimum absolute atomic E-state index is 0.0484. The van der Waals surface area contributed by atoms with Crippen LogP contribution in [0.5, 0.6) is 0 Å². The molecule has 0 bridgehead atoms. The summed E-state index contributed by atoms with van der Waals surface area (Å²) in [6.07, 6.45) is 0.818.